The van der Waals surface area contributed by atoms with Crippen molar-refractivity contribution in [3.05, 3.63) is 64.7 Å². The summed E-state index contributed by atoms with van der Waals surface area (Å²) in [5.41, 5.74) is 2.80. The molecule has 3 aliphatic heterocycles. The van der Waals surface area contributed by atoms with E-state index >= 15 is 0 Å². The first-order valence-electron chi connectivity index (χ1n) is 13.5. The topological polar surface area (TPSA) is 105 Å². The summed E-state index contributed by atoms with van der Waals surface area (Å²) in [6.07, 6.45) is 2.52. The van der Waals surface area contributed by atoms with E-state index in [0.29, 0.717) is 43.8 Å². The molecule has 0 aliphatic carbocycles. The van der Waals surface area contributed by atoms with Gasteiger partial charge in [-0.15, -0.1) is 0 Å². The molecule has 1 N–H and O–H groups in total. The number of amides is 2. The summed E-state index contributed by atoms with van der Waals surface area (Å²) in [6, 6.07) is 12.2. The van der Waals surface area contributed by atoms with Crippen LogP contribution in [-0.2, 0) is 38.8 Å². The Labute approximate surface area is 228 Å². The first-order valence-corrected chi connectivity index (χ1v) is 13.5. The summed E-state index contributed by atoms with van der Waals surface area (Å²) in [6.45, 7) is 8.08. The number of hydrogen-bond acceptors (Lipinski definition) is 8. The van der Waals surface area contributed by atoms with Gasteiger partial charge in [0.25, 0.3) is 0 Å². The van der Waals surface area contributed by atoms with E-state index in [0.717, 1.165) is 36.1 Å². The Bertz CT molecular complexity index is 1280. The summed E-state index contributed by atoms with van der Waals surface area (Å²) >= 11 is 0. The summed E-state index contributed by atoms with van der Waals surface area (Å²) in [5.74, 6) is -0.677. The maximum Gasteiger partial charge on any atom is 0.343 e. The van der Waals surface area contributed by atoms with E-state index in [1.165, 1.54) is 0 Å². The zero-order chi connectivity index (χ0) is 27.7. The van der Waals surface area contributed by atoms with Crippen LogP contribution in [0.15, 0.2) is 42.5 Å². The Morgan fingerprint density at radius 1 is 1.03 bits per heavy atom. The van der Waals surface area contributed by atoms with E-state index in [4.69, 9.17) is 9.47 Å². The number of hydrogen-bond donors (Lipinski definition) is 1. The summed E-state index contributed by atoms with van der Waals surface area (Å²) < 4.78 is 11.4. The zero-order valence-electron chi connectivity index (χ0n) is 22.7. The maximum absolute atomic E-state index is 13.0. The molecule has 5 rings (SSSR count). The van der Waals surface area contributed by atoms with Crippen molar-refractivity contribution in [2.75, 3.05) is 6.54 Å². The Kier molecular flexibility index (Phi) is 7.55. The van der Waals surface area contributed by atoms with Gasteiger partial charge in [0.05, 0.1) is 11.6 Å². The maximum atomic E-state index is 13.0. The Morgan fingerprint density at radius 3 is 2.51 bits per heavy atom. The van der Waals surface area contributed by atoms with Crippen molar-refractivity contribution in [2.24, 2.45) is 0 Å². The predicted octanol–water partition coefficient (Wildman–Crippen LogP) is 3.33. The van der Waals surface area contributed by atoms with Crippen molar-refractivity contribution >= 4 is 23.8 Å². The molecule has 2 aromatic rings. The van der Waals surface area contributed by atoms with E-state index in [9.17, 15) is 19.2 Å². The molecule has 2 unspecified atom stereocenters. The van der Waals surface area contributed by atoms with Crippen molar-refractivity contribution in [1.82, 2.24) is 15.1 Å². The SMILES string of the molecule is CC(C)(C)OC(=O)C1CCCN1Cc1ccc(C(=O)Oc2cccc3c2CN(C2CCC(=O)NC2=O)C3)cc1. The molecule has 3 heterocycles. The number of carbonyl (C=O) groups is 4. The molecule has 0 spiro atoms. The van der Waals surface area contributed by atoms with Gasteiger partial charge in [0.15, 0.2) is 0 Å². The third-order valence-electron chi connectivity index (χ3n) is 7.44. The number of esters is 2. The second kappa shape index (κ2) is 10.9. The molecule has 2 saturated heterocycles. The largest absolute Gasteiger partial charge is 0.459 e. The van der Waals surface area contributed by atoms with Crippen LogP contribution >= 0.6 is 0 Å². The summed E-state index contributed by atoms with van der Waals surface area (Å²) in [4.78, 5) is 53.7. The second-order valence-electron chi connectivity index (χ2n) is 11.5. The van der Waals surface area contributed by atoms with Crippen LogP contribution in [0.5, 0.6) is 5.75 Å². The lowest BCUT2D eigenvalue weighted by molar-refractivity contribution is -0.160. The first kappa shape index (κ1) is 27.0. The molecule has 9 heteroatoms. The quantitative estimate of drug-likeness (QED) is 0.343. The van der Waals surface area contributed by atoms with Gasteiger partial charge in [0, 0.05) is 31.6 Å². The third-order valence-corrected chi connectivity index (χ3v) is 7.44. The number of fused-ring (bicyclic) bond motifs is 1. The summed E-state index contributed by atoms with van der Waals surface area (Å²) in [7, 11) is 0. The number of likely N-dealkylation sites (tertiary alicyclic amines) is 1. The molecule has 2 aromatic carbocycles. The number of piperidine rings is 1. The van der Waals surface area contributed by atoms with Crippen molar-refractivity contribution in [1.29, 1.82) is 0 Å². The highest BCUT2D eigenvalue weighted by Crippen LogP contribution is 2.34. The molecule has 39 heavy (non-hydrogen) atoms. The fourth-order valence-corrected chi connectivity index (χ4v) is 5.55. The number of nitrogens with one attached hydrogen (secondary N) is 1. The Hall–Kier alpha value is -3.56. The molecule has 3 aliphatic rings. The lowest BCUT2D eigenvalue weighted by Crippen LogP contribution is -2.50. The molecular formula is C30H35N3O6. The minimum absolute atomic E-state index is 0.188. The number of carbonyl (C=O) groups excluding carboxylic acids is 4. The number of benzene rings is 2. The minimum Gasteiger partial charge on any atom is -0.459 e. The van der Waals surface area contributed by atoms with Gasteiger partial charge in [-0.2, -0.15) is 0 Å². The smallest absolute Gasteiger partial charge is 0.343 e. The van der Waals surface area contributed by atoms with Crippen LogP contribution in [0.25, 0.3) is 0 Å². The van der Waals surface area contributed by atoms with Gasteiger partial charge in [-0.25, -0.2) is 4.79 Å². The fourth-order valence-electron chi connectivity index (χ4n) is 5.55. The number of nitrogens with zero attached hydrogens (tertiary/aromatic N) is 2. The second-order valence-corrected chi connectivity index (χ2v) is 11.5. The van der Waals surface area contributed by atoms with Gasteiger partial charge < -0.3 is 9.47 Å². The number of rotatable bonds is 6. The van der Waals surface area contributed by atoms with Crippen molar-refractivity contribution in [3.63, 3.8) is 0 Å². The van der Waals surface area contributed by atoms with E-state index in [-0.39, 0.29) is 29.9 Å². The predicted molar refractivity (Wildman–Crippen MR) is 143 cm³/mol. The molecule has 206 valence electrons. The minimum atomic E-state index is -0.518. The first-order chi connectivity index (χ1) is 18.6. The van der Waals surface area contributed by atoms with Gasteiger partial charge >= 0.3 is 11.9 Å². The molecule has 2 amide bonds. The molecule has 0 bridgehead atoms. The average molecular weight is 534 g/mol. The van der Waals surface area contributed by atoms with E-state index < -0.39 is 11.6 Å². The van der Waals surface area contributed by atoms with Gasteiger partial charge in [0.1, 0.15) is 17.4 Å². The van der Waals surface area contributed by atoms with Crippen LogP contribution in [0.2, 0.25) is 0 Å². The van der Waals surface area contributed by atoms with Gasteiger partial charge in [-0.05, 0) is 75.9 Å². The molecule has 2 atom stereocenters. The molecule has 2 fully saturated rings. The van der Waals surface area contributed by atoms with E-state index in [1.807, 2.05) is 49.9 Å². The lowest BCUT2D eigenvalue weighted by atomic mass is 10.0. The van der Waals surface area contributed by atoms with Crippen LogP contribution in [0, 0.1) is 0 Å². The van der Waals surface area contributed by atoms with Crippen LogP contribution in [0.1, 0.15) is 73.5 Å². The third kappa shape index (κ3) is 6.20. The molecule has 0 aromatic heterocycles. The van der Waals surface area contributed by atoms with Gasteiger partial charge in [-0.1, -0.05) is 24.3 Å². The van der Waals surface area contributed by atoms with Crippen LogP contribution in [0.3, 0.4) is 0 Å². The van der Waals surface area contributed by atoms with Gasteiger partial charge in [-0.3, -0.25) is 29.5 Å². The van der Waals surface area contributed by atoms with Crippen molar-refractivity contribution in [3.8, 4) is 5.75 Å². The Morgan fingerprint density at radius 2 is 1.79 bits per heavy atom. The highest BCUT2D eigenvalue weighted by atomic mass is 16.6. The van der Waals surface area contributed by atoms with Crippen LogP contribution < -0.4 is 10.1 Å². The molecular weight excluding hydrogens is 498 g/mol. The monoisotopic (exact) mass is 533 g/mol. The molecule has 0 saturated carbocycles. The van der Waals surface area contributed by atoms with Crippen LogP contribution in [-0.4, -0.2) is 57.8 Å². The van der Waals surface area contributed by atoms with Crippen molar-refractivity contribution < 1.29 is 28.7 Å². The normalized spacial score (nSPS) is 21.9. The number of ether oxygens (including phenoxy) is 2. The number of imide groups is 1. The van der Waals surface area contributed by atoms with E-state index in [1.54, 1.807) is 18.2 Å². The zero-order valence-corrected chi connectivity index (χ0v) is 22.7. The molecule has 0 radical (unpaired) electrons. The van der Waals surface area contributed by atoms with E-state index in [2.05, 4.69) is 10.2 Å². The van der Waals surface area contributed by atoms with Crippen LogP contribution in [0.4, 0.5) is 0 Å². The average Bonchev–Trinajstić information content (AvgIpc) is 3.51. The van der Waals surface area contributed by atoms with Gasteiger partial charge in [0.2, 0.25) is 11.8 Å². The molecule has 9 nitrogen and oxygen atoms in total. The standard InChI is InChI=1S/C30H35N3O6/c1-30(2,3)39-29(37)24-7-5-15-32(24)16-19-9-11-20(12-10-19)28(36)38-25-8-4-6-21-17-33(18-22(21)25)23-13-14-26(34)31-27(23)35/h4,6,8-12,23-24H,5,7,13-18H2,1-3H3,(H,31,34,35). The fraction of sp³-hybridized carbons (Fsp3) is 0.467. The van der Waals surface area contributed by atoms with Crippen molar-refractivity contribution in [2.45, 2.75) is 83.8 Å². The highest BCUT2D eigenvalue weighted by molar-refractivity contribution is 6.00. The lowest BCUT2D eigenvalue weighted by Gasteiger charge is -2.29. The highest BCUT2D eigenvalue weighted by Gasteiger charge is 2.36. The summed E-state index contributed by atoms with van der Waals surface area (Å²) in [5, 5.41) is 2.41. The Balaban J connectivity index is 1.21.